The highest BCUT2D eigenvalue weighted by atomic mass is 16.2. The molecular weight excluding hydrogens is 290 g/mol. The lowest BCUT2D eigenvalue weighted by atomic mass is 9.87. The Morgan fingerprint density at radius 1 is 1.26 bits per heavy atom. The molecule has 0 aromatic rings. The van der Waals surface area contributed by atoms with Crippen LogP contribution in [-0.2, 0) is 9.59 Å². The Morgan fingerprint density at radius 3 is 2.74 bits per heavy atom. The lowest BCUT2D eigenvalue weighted by Crippen LogP contribution is -2.51. The number of amides is 2. The van der Waals surface area contributed by atoms with Gasteiger partial charge in [0.25, 0.3) is 0 Å². The van der Waals surface area contributed by atoms with Gasteiger partial charge in [-0.3, -0.25) is 9.59 Å². The van der Waals surface area contributed by atoms with Crippen molar-refractivity contribution in [3.63, 3.8) is 0 Å². The standard InChI is InChI=1S/C18H31N3O2/c1-14(2)19-16(22)13-21-17(23)6-8-18(21)7-3-10-20(11-9-18)12-15-4-5-15/h14-15H,3-13H2,1-2H3,(H,19,22)/t18-/m0/s1. The van der Waals surface area contributed by atoms with E-state index in [1.807, 2.05) is 18.7 Å². The molecule has 1 aliphatic carbocycles. The molecule has 2 aliphatic heterocycles. The molecule has 2 amide bonds. The van der Waals surface area contributed by atoms with Gasteiger partial charge in [-0.2, -0.15) is 0 Å². The first-order valence-corrected chi connectivity index (χ1v) is 9.31. The number of likely N-dealkylation sites (tertiary alicyclic amines) is 2. The quantitative estimate of drug-likeness (QED) is 0.839. The molecule has 1 spiro atoms. The van der Waals surface area contributed by atoms with Crippen molar-refractivity contribution in [2.45, 2.75) is 70.4 Å². The first-order valence-electron chi connectivity index (χ1n) is 9.31. The Bertz CT molecular complexity index is 461. The highest BCUT2D eigenvalue weighted by Gasteiger charge is 2.46. The molecule has 2 heterocycles. The first-order chi connectivity index (χ1) is 11.0. The van der Waals surface area contributed by atoms with E-state index in [0.717, 1.165) is 44.7 Å². The third kappa shape index (κ3) is 4.06. The van der Waals surface area contributed by atoms with Crippen molar-refractivity contribution in [3.8, 4) is 0 Å². The Hall–Kier alpha value is -1.10. The highest BCUT2D eigenvalue weighted by Crippen LogP contribution is 2.39. The molecule has 0 unspecified atom stereocenters. The van der Waals surface area contributed by atoms with Crippen LogP contribution >= 0.6 is 0 Å². The maximum Gasteiger partial charge on any atom is 0.239 e. The zero-order chi connectivity index (χ0) is 16.4. The van der Waals surface area contributed by atoms with Crippen LogP contribution in [0.25, 0.3) is 0 Å². The zero-order valence-electron chi connectivity index (χ0n) is 14.6. The number of hydrogen-bond donors (Lipinski definition) is 1. The average molecular weight is 321 g/mol. The molecule has 23 heavy (non-hydrogen) atoms. The molecule has 1 N–H and O–H groups in total. The van der Waals surface area contributed by atoms with Crippen LogP contribution in [0.15, 0.2) is 0 Å². The van der Waals surface area contributed by atoms with Gasteiger partial charge in [-0.15, -0.1) is 0 Å². The minimum Gasteiger partial charge on any atom is -0.352 e. The maximum atomic E-state index is 12.4. The van der Waals surface area contributed by atoms with Crippen LogP contribution in [0.2, 0.25) is 0 Å². The number of carbonyl (C=O) groups is 2. The van der Waals surface area contributed by atoms with Gasteiger partial charge in [-0.1, -0.05) is 0 Å². The second kappa shape index (κ2) is 6.80. The molecule has 1 saturated carbocycles. The summed E-state index contributed by atoms with van der Waals surface area (Å²) in [5, 5.41) is 2.93. The number of nitrogens with zero attached hydrogens (tertiary/aromatic N) is 2. The summed E-state index contributed by atoms with van der Waals surface area (Å²) in [6.45, 7) is 7.61. The van der Waals surface area contributed by atoms with Gasteiger partial charge < -0.3 is 15.1 Å². The molecule has 0 radical (unpaired) electrons. The van der Waals surface area contributed by atoms with Crippen LogP contribution in [-0.4, -0.2) is 59.4 Å². The normalized spacial score (nSPS) is 29.3. The molecule has 3 aliphatic rings. The number of carbonyl (C=O) groups excluding carboxylic acids is 2. The number of nitrogens with one attached hydrogen (secondary N) is 1. The maximum absolute atomic E-state index is 12.4. The lowest BCUT2D eigenvalue weighted by molar-refractivity contribution is -0.137. The summed E-state index contributed by atoms with van der Waals surface area (Å²) < 4.78 is 0. The van der Waals surface area contributed by atoms with Gasteiger partial charge in [0, 0.05) is 31.1 Å². The summed E-state index contributed by atoms with van der Waals surface area (Å²) in [6.07, 6.45) is 7.54. The third-order valence-electron chi connectivity index (χ3n) is 5.65. The minimum absolute atomic E-state index is 0.0197. The van der Waals surface area contributed by atoms with E-state index in [2.05, 4.69) is 10.2 Å². The number of rotatable bonds is 5. The predicted octanol–water partition coefficient (Wildman–Crippen LogP) is 1.77. The van der Waals surface area contributed by atoms with Crippen LogP contribution in [0.3, 0.4) is 0 Å². The fourth-order valence-electron chi connectivity index (χ4n) is 4.24. The van der Waals surface area contributed by atoms with Crippen molar-refractivity contribution in [2.75, 3.05) is 26.2 Å². The topological polar surface area (TPSA) is 52.7 Å². The molecule has 130 valence electrons. The monoisotopic (exact) mass is 321 g/mol. The fraction of sp³-hybridized carbons (Fsp3) is 0.889. The molecule has 1 atom stereocenters. The Kier molecular flexibility index (Phi) is 4.95. The van der Waals surface area contributed by atoms with E-state index in [1.165, 1.54) is 19.4 Å². The molecule has 3 fully saturated rings. The zero-order valence-corrected chi connectivity index (χ0v) is 14.6. The van der Waals surface area contributed by atoms with Gasteiger partial charge in [0.2, 0.25) is 11.8 Å². The molecule has 0 aromatic heterocycles. The predicted molar refractivity (Wildman–Crippen MR) is 90.0 cm³/mol. The highest BCUT2D eigenvalue weighted by molar-refractivity contribution is 5.87. The SMILES string of the molecule is CC(C)NC(=O)CN1C(=O)CC[C@]12CCCN(CC1CC1)CC2. The van der Waals surface area contributed by atoms with Crippen LogP contribution in [0.1, 0.15) is 58.8 Å². The Labute approximate surface area is 139 Å². The van der Waals surface area contributed by atoms with Gasteiger partial charge in [0.1, 0.15) is 6.54 Å². The molecular formula is C18H31N3O2. The van der Waals surface area contributed by atoms with Gasteiger partial charge in [-0.25, -0.2) is 0 Å². The smallest absolute Gasteiger partial charge is 0.239 e. The van der Waals surface area contributed by atoms with Crippen molar-refractivity contribution in [1.82, 2.24) is 15.1 Å². The van der Waals surface area contributed by atoms with E-state index in [0.29, 0.717) is 6.42 Å². The van der Waals surface area contributed by atoms with Crippen molar-refractivity contribution < 1.29 is 9.59 Å². The second-order valence-corrected chi connectivity index (χ2v) is 8.02. The van der Waals surface area contributed by atoms with Gasteiger partial charge >= 0.3 is 0 Å². The summed E-state index contributed by atoms with van der Waals surface area (Å²) in [6, 6.07) is 0.124. The van der Waals surface area contributed by atoms with Crippen LogP contribution in [0, 0.1) is 5.92 Å². The third-order valence-corrected chi connectivity index (χ3v) is 5.65. The van der Waals surface area contributed by atoms with Crippen molar-refractivity contribution in [2.24, 2.45) is 5.92 Å². The minimum atomic E-state index is -0.0658. The summed E-state index contributed by atoms with van der Waals surface area (Å²) in [4.78, 5) is 29.0. The van der Waals surface area contributed by atoms with Gasteiger partial charge in [0.15, 0.2) is 0 Å². The summed E-state index contributed by atoms with van der Waals surface area (Å²) in [5.74, 6) is 1.07. The van der Waals surface area contributed by atoms with Gasteiger partial charge in [0.05, 0.1) is 0 Å². The van der Waals surface area contributed by atoms with Crippen LogP contribution in [0.5, 0.6) is 0 Å². The van der Waals surface area contributed by atoms with E-state index < -0.39 is 0 Å². The average Bonchev–Trinajstić information content (AvgIpc) is 3.26. The summed E-state index contributed by atoms with van der Waals surface area (Å²) in [5.41, 5.74) is -0.0658. The summed E-state index contributed by atoms with van der Waals surface area (Å²) in [7, 11) is 0. The van der Waals surface area contributed by atoms with E-state index in [1.54, 1.807) is 0 Å². The molecule has 3 rings (SSSR count). The molecule has 0 bridgehead atoms. The Balaban J connectivity index is 1.63. The molecule has 2 saturated heterocycles. The molecule has 5 nitrogen and oxygen atoms in total. The first kappa shape index (κ1) is 16.7. The lowest BCUT2D eigenvalue weighted by Gasteiger charge is -2.38. The molecule has 5 heteroatoms. The van der Waals surface area contributed by atoms with Crippen molar-refractivity contribution in [3.05, 3.63) is 0 Å². The fourth-order valence-corrected chi connectivity index (χ4v) is 4.24. The van der Waals surface area contributed by atoms with Crippen molar-refractivity contribution in [1.29, 1.82) is 0 Å². The summed E-state index contributed by atoms with van der Waals surface area (Å²) >= 11 is 0. The van der Waals surface area contributed by atoms with Crippen LogP contribution in [0.4, 0.5) is 0 Å². The number of hydrogen-bond acceptors (Lipinski definition) is 3. The van der Waals surface area contributed by atoms with Gasteiger partial charge in [-0.05, 0) is 64.8 Å². The van der Waals surface area contributed by atoms with Crippen molar-refractivity contribution >= 4 is 11.8 Å². The van der Waals surface area contributed by atoms with E-state index >= 15 is 0 Å². The Morgan fingerprint density at radius 2 is 2.04 bits per heavy atom. The van der Waals surface area contributed by atoms with E-state index in [-0.39, 0.29) is 29.9 Å². The molecule has 0 aromatic carbocycles. The largest absolute Gasteiger partial charge is 0.352 e. The van der Waals surface area contributed by atoms with Crippen LogP contribution < -0.4 is 5.32 Å². The van der Waals surface area contributed by atoms with E-state index in [9.17, 15) is 9.59 Å². The second-order valence-electron chi connectivity index (χ2n) is 8.02. The van der Waals surface area contributed by atoms with E-state index in [4.69, 9.17) is 0 Å².